The highest BCUT2D eigenvalue weighted by Gasteiger charge is 2.13. The summed E-state index contributed by atoms with van der Waals surface area (Å²) in [5.74, 6) is -0.484. The fourth-order valence-electron chi connectivity index (χ4n) is 2.34. The first kappa shape index (κ1) is 18.2. The summed E-state index contributed by atoms with van der Waals surface area (Å²) in [5.41, 5.74) is 1.57. The second-order valence-corrected chi connectivity index (χ2v) is 5.88. The van der Waals surface area contributed by atoms with E-state index in [1.807, 2.05) is 12.1 Å². The molecule has 0 saturated heterocycles. The van der Waals surface area contributed by atoms with E-state index >= 15 is 0 Å². The van der Waals surface area contributed by atoms with E-state index in [1.54, 1.807) is 12.1 Å². The molecular weight excluding hydrogens is 282 g/mol. The third-order valence-electron chi connectivity index (χ3n) is 3.47. The number of rotatable bonds is 9. The second-order valence-electron chi connectivity index (χ2n) is 5.88. The lowest BCUT2D eigenvalue weighted by molar-refractivity contribution is -0.137. The number of aliphatic hydroxyl groups is 1. The van der Waals surface area contributed by atoms with Gasteiger partial charge in [-0.1, -0.05) is 26.0 Å². The van der Waals surface area contributed by atoms with Crippen LogP contribution in [0.4, 0.5) is 0 Å². The fraction of sp³-hybridized carbons (Fsp3) is 0.529. The van der Waals surface area contributed by atoms with Gasteiger partial charge in [0.1, 0.15) is 0 Å². The zero-order valence-corrected chi connectivity index (χ0v) is 13.2. The number of aliphatic carboxylic acids is 1. The van der Waals surface area contributed by atoms with Gasteiger partial charge in [0.05, 0.1) is 0 Å². The molecule has 0 fully saturated rings. The molecular formula is C17H25NO4. The minimum absolute atomic E-state index is 0.0482. The smallest absolute Gasteiger partial charge is 0.303 e. The molecule has 0 saturated carbocycles. The molecule has 3 N–H and O–H groups in total. The summed E-state index contributed by atoms with van der Waals surface area (Å²) < 4.78 is 0. The van der Waals surface area contributed by atoms with Gasteiger partial charge in [-0.25, -0.2) is 0 Å². The molecule has 0 aliphatic heterocycles. The molecule has 1 unspecified atom stereocenters. The van der Waals surface area contributed by atoms with Crippen LogP contribution in [0.3, 0.4) is 0 Å². The van der Waals surface area contributed by atoms with Crippen molar-refractivity contribution in [2.75, 3.05) is 13.2 Å². The standard InChI is InChI=1S/C17H25NO4/c1-12(2)10-15(11-19)13-5-7-14(8-6-13)17(22)18-9-3-4-16(20)21/h5-8,12,15,19H,3-4,9-11H2,1-2H3,(H,18,22)(H,20,21). The molecule has 1 aromatic carbocycles. The van der Waals surface area contributed by atoms with Gasteiger partial charge in [0.2, 0.25) is 0 Å². The molecule has 1 amide bonds. The van der Waals surface area contributed by atoms with Crippen LogP contribution < -0.4 is 5.32 Å². The minimum Gasteiger partial charge on any atom is -0.481 e. The molecule has 0 bridgehead atoms. The normalized spacial score (nSPS) is 12.2. The van der Waals surface area contributed by atoms with E-state index in [0.717, 1.165) is 12.0 Å². The summed E-state index contributed by atoms with van der Waals surface area (Å²) in [4.78, 5) is 22.3. The van der Waals surface area contributed by atoms with Crippen molar-refractivity contribution >= 4 is 11.9 Å². The van der Waals surface area contributed by atoms with Gasteiger partial charge in [-0.2, -0.15) is 0 Å². The van der Waals surface area contributed by atoms with E-state index in [1.165, 1.54) is 0 Å². The lowest BCUT2D eigenvalue weighted by Crippen LogP contribution is -2.24. The van der Waals surface area contributed by atoms with Crippen molar-refractivity contribution < 1.29 is 19.8 Å². The molecule has 5 nitrogen and oxygen atoms in total. The van der Waals surface area contributed by atoms with E-state index in [4.69, 9.17) is 5.11 Å². The third-order valence-corrected chi connectivity index (χ3v) is 3.47. The van der Waals surface area contributed by atoms with Gasteiger partial charge >= 0.3 is 5.97 Å². The van der Waals surface area contributed by atoms with E-state index < -0.39 is 5.97 Å². The molecule has 0 aliphatic rings. The SMILES string of the molecule is CC(C)CC(CO)c1ccc(C(=O)NCCCC(=O)O)cc1. The van der Waals surface area contributed by atoms with Crippen molar-refractivity contribution in [3.63, 3.8) is 0 Å². The van der Waals surface area contributed by atoms with E-state index in [0.29, 0.717) is 24.4 Å². The highest BCUT2D eigenvalue weighted by Crippen LogP contribution is 2.23. The summed E-state index contributed by atoms with van der Waals surface area (Å²) in [5, 5.41) is 20.7. The summed E-state index contributed by atoms with van der Waals surface area (Å²) in [6.07, 6.45) is 1.37. The third kappa shape index (κ3) is 6.26. The average molecular weight is 307 g/mol. The van der Waals surface area contributed by atoms with Gasteiger partial charge in [-0.15, -0.1) is 0 Å². The molecule has 1 rings (SSSR count). The van der Waals surface area contributed by atoms with Crippen LogP contribution in [0.5, 0.6) is 0 Å². The van der Waals surface area contributed by atoms with Gasteiger partial charge in [0, 0.05) is 31.1 Å². The Bertz CT molecular complexity index is 482. The number of carboxylic acid groups (broad SMARTS) is 1. The van der Waals surface area contributed by atoms with Crippen LogP contribution in [-0.4, -0.2) is 35.2 Å². The first-order chi connectivity index (χ1) is 10.4. The topological polar surface area (TPSA) is 86.6 Å². The van der Waals surface area contributed by atoms with Gasteiger partial charge in [-0.05, 0) is 36.5 Å². The zero-order valence-electron chi connectivity index (χ0n) is 13.2. The van der Waals surface area contributed by atoms with E-state index in [2.05, 4.69) is 19.2 Å². The van der Waals surface area contributed by atoms with Gasteiger partial charge < -0.3 is 15.5 Å². The Balaban J connectivity index is 2.56. The van der Waals surface area contributed by atoms with Crippen LogP contribution in [0.2, 0.25) is 0 Å². The van der Waals surface area contributed by atoms with Crippen LogP contribution in [0, 0.1) is 5.92 Å². The molecule has 0 aromatic heterocycles. The molecule has 0 spiro atoms. The van der Waals surface area contributed by atoms with Gasteiger partial charge in [0.15, 0.2) is 0 Å². The van der Waals surface area contributed by atoms with Crippen molar-refractivity contribution in [3.8, 4) is 0 Å². The molecule has 5 heteroatoms. The maximum atomic E-state index is 11.9. The van der Waals surface area contributed by atoms with Crippen LogP contribution >= 0.6 is 0 Å². The first-order valence-electron chi connectivity index (χ1n) is 7.64. The molecule has 22 heavy (non-hydrogen) atoms. The number of benzene rings is 1. The predicted molar refractivity (Wildman–Crippen MR) is 84.9 cm³/mol. The van der Waals surface area contributed by atoms with E-state index in [-0.39, 0.29) is 24.9 Å². The van der Waals surface area contributed by atoms with Crippen molar-refractivity contribution in [1.82, 2.24) is 5.32 Å². The maximum absolute atomic E-state index is 11.9. The number of hydrogen-bond donors (Lipinski definition) is 3. The monoisotopic (exact) mass is 307 g/mol. The Morgan fingerprint density at radius 1 is 1.18 bits per heavy atom. The number of carboxylic acids is 1. The first-order valence-corrected chi connectivity index (χ1v) is 7.64. The number of carbonyl (C=O) groups is 2. The number of hydrogen-bond acceptors (Lipinski definition) is 3. The Morgan fingerprint density at radius 3 is 2.32 bits per heavy atom. The minimum atomic E-state index is -0.862. The van der Waals surface area contributed by atoms with Gasteiger partial charge in [0.25, 0.3) is 5.91 Å². The molecule has 0 aliphatic carbocycles. The van der Waals surface area contributed by atoms with Crippen LogP contribution in [0.25, 0.3) is 0 Å². The summed E-state index contributed by atoms with van der Waals surface area (Å²) >= 11 is 0. The van der Waals surface area contributed by atoms with Gasteiger partial charge in [-0.3, -0.25) is 9.59 Å². The largest absolute Gasteiger partial charge is 0.481 e. The average Bonchev–Trinajstić information content (AvgIpc) is 2.48. The highest BCUT2D eigenvalue weighted by molar-refractivity contribution is 5.94. The Labute approximate surface area is 131 Å². The molecule has 122 valence electrons. The lowest BCUT2D eigenvalue weighted by atomic mass is 9.90. The number of carbonyl (C=O) groups excluding carboxylic acids is 1. The van der Waals surface area contributed by atoms with Crippen LogP contribution in [0.1, 0.15) is 54.9 Å². The maximum Gasteiger partial charge on any atom is 0.303 e. The Kier molecular flexibility index (Phi) is 7.60. The lowest BCUT2D eigenvalue weighted by Gasteiger charge is -2.17. The van der Waals surface area contributed by atoms with Crippen molar-refractivity contribution in [2.45, 2.75) is 39.0 Å². The molecule has 0 radical (unpaired) electrons. The summed E-state index contributed by atoms with van der Waals surface area (Å²) in [6, 6.07) is 7.22. The molecule has 0 heterocycles. The summed E-state index contributed by atoms with van der Waals surface area (Å²) in [7, 11) is 0. The Morgan fingerprint density at radius 2 is 1.82 bits per heavy atom. The summed E-state index contributed by atoms with van der Waals surface area (Å²) in [6.45, 7) is 4.67. The van der Waals surface area contributed by atoms with Crippen molar-refractivity contribution in [3.05, 3.63) is 35.4 Å². The number of aliphatic hydroxyl groups excluding tert-OH is 1. The molecule has 1 aromatic rings. The number of amides is 1. The zero-order chi connectivity index (χ0) is 16.5. The van der Waals surface area contributed by atoms with Crippen molar-refractivity contribution in [1.29, 1.82) is 0 Å². The fourth-order valence-corrected chi connectivity index (χ4v) is 2.34. The number of nitrogens with one attached hydrogen (secondary N) is 1. The van der Waals surface area contributed by atoms with Crippen molar-refractivity contribution in [2.24, 2.45) is 5.92 Å². The predicted octanol–water partition coefficient (Wildman–Crippen LogP) is 2.40. The highest BCUT2D eigenvalue weighted by atomic mass is 16.4. The Hall–Kier alpha value is -1.88. The van der Waals surface area contributed by atoms with Crippen LogP contribution in [0.15, 0.2) is 24.3 Å². The quantitative estimate of drug-likeness (QED) is 0.611. The molecule has 1 atom stereocenters. The van der Waals surface area contributed by atoms with Crippen LogP contribution in [-0.2, 0) is 4.79 Å². The van der Waals surface area contributed by atoms with E-state index in [9.17, 15) is 14.7 Å². The second kappa shape index (κ2) is 9.20.